The Kier molecular flexibility index (Phi) is 3.24. The molecule has 0 aliphatic carbocycles. The minimum Gasteiger partial charge on any atom is -0.369 e. The van der Waals surface area contributed by atoms with Crippen molar-refractivity contribution in [2.24, 2.45) is 0 Å². The summed E-state index contributed by atoms with van der Waals surface area (Å²) in [6.07, 6.45) is 1.28. The number of thiazole rings is 1. The SMILES string of the molecule is CCc1csc(C2CSCCO2)n1. The standard InChI is InChI=1S/C9H13NOS2/c1-2-7-5-13-9(10-7)8-6-12-4-3-11-8/h5,8H,2-4,6H2,1H3. The molecule has 1 fully saturated rings. The zero-order valence-corrected chi connectivity index (χ0v) is 9.29. The number of hydrogen-bond donors (Lipinski definition) is 0. The van der Waals surface area contributed by atoms with E-state index in [0.717, 1.165) is 29.5 Å². The van der Waals surface area contributed by atoms with Crippen LogP contribution in [0.1, 0.15) is 23.7 Å². The Labute approximate surface area is 86.7 Å². The van der Waals surface area contributed by atoms with Crippen molar-refractivity contribution < 1.29 is 4.74 Å². The third-order valence-electron chi connectivity index (χ3n) is 2.02. The van der Waals surface area contributed by atoms with Crippen molar-refractivity contribution >= 4 is 23.1 Å². The average molecular weight is 215 g/mol. The lowest BCUT2D eigenvalue weighted by atomic mass is 10.4. The third kappa shape index (κ3) is 2.24. The van der Waals surface area contributed by atoms with E-state index in [2.05, 4.69) is 17.3 Å². The first-order chi connectivity index (χ1) is 6.40. The first-order valence-corrected chi connectivity index (χ1v) is 6.57. The van der Waals surface area contributed by atoms with Gasteiger partial charge in [0.2, 0.25) is 0 Å². The molecule has 1 atom stereocenters. The molecule has 1 aromatic heterocycles. The molecule has 0 N–H and O–H groups in total. The van der Waals surface area contributed by atoms with Crippen LogP contribution in [0.3, 0.4) is 0 Å². The highest BCUT2D eigenvalue weighted by atomic mass is 32.2. The highest BCUT2D eigenvalue weighted by Crippen LogP contribution is 2.28. The summed E-state index contributed by atoms with van der Waals surface area (Å²) in [5.74, 6) is 2.19. The highest BCUT2D eigenvalue weighted by molar-refractivity contribution is 7.99. The van der Waals surface area contributed by atoms with Gasteiger partial charge in [-0.3, -0.25) is 0 Å². The molecule has 0 spiro atoms. The molecule has 2 heterocycles. The van der Waals surface area contributed by atoms with E-state index >= 15 is 0 Å². The fraction of sp³-hybridized carbons (Fsp3) is 0.667. The van der Waals surface area contributed by atoms with Crippen molar-refractivity contribution in [3.05, 3.63) is 16.1 Å². The summed E-state index contributed by atoms with van der Waals surface area (Å²) in [7, 11) is 0. The Bertz CT molecular complexity index is 268. The van der Waals surface area contributed by atoms with E-state index in [1.165, 1.54) is 5.69 Å². The lowest BCUT2D eigenvalue weighted by Gasteiger charge is -2.19. The van der Waals surface area contributed by atoms with Gasteiger partial charge in [0, 0.05) is 16.9 Å². The van der Waals surface area contributed by atoms with Crippen molar-refractivity contribution in [1.82, 2.24) is 4.98 Å². The minimum absolute atomic E-state index is 0.254. The minimum atomic E-state index is 0.254. The number of thioether (sulfide) groups is 1. The van der Waals surface area contributed by atoms with Gasteiger partial charge >= 0.3 is 0 Å². The largest absolute Gasteiger partial charge is 0.369 e. The van der Waals surface area contributed by atoms with Crippen molar-refractivity contribution in [2.45, 2.75) is 19.4 Å². The zero-order chi connectivity index (χ0) is 9.10. The molecule has 1 aromatic rings. The van der Waals surface area contributed by atoms with Gasteiger partial charge in [0.15, 0.2) is 0 Å². The molecule has 0 amide bonds. The highest BCUT2D eigenvalue weighted by Gasteiger charge is 2.19. The van der Waals surface area contributed by atoms with Crippen molar-refractivity contribution in [3.63, 3.8) is 0 Å². The smallest absolute Gasteiger partial charge is 0.123 e. The van der Waals surface area contributed by atoms with Crippen LogP contribution in [0.5, 0.6) is 0 Å². The third-order valence-corrected chi connectivity index (χ3v) is 4.00. The van der Waals surface area contributed by atoms with Crippen molar-refractivity contribution in [1.29, 1.82) is 0 Å². The maximum atomic E-state index is 5.65. The Hall–Kier alpha value is -0.0600. The maximum absolute atomic E-state index is 5.65. The van der Waals surface area contributed by atoms with Crippen LogP contribution in [0, 0.1) is 0 Å². The van der Waals surface area contributed by atoms with Gasteiger partial charge in [-0.25, -0.2) is 4.98 Å². The summed E-state index contributed by atoms with van der Waals surface area (Å²) < 4.78 is 5.65. The molecule has 0 bridgehead atoms. The lowest BCUT2D eigenvalue weighted by Crippen LogP contribution is -2.15. The van der Waals surface area contributed by atoms with Gasteiger partial charge in [-0.15, -0.1) is 11.3 Å². The number of rotatable bonds is 2. The molecule has 4 heteroatoms. The van der Waals surface area contributed by atoms with E-state index in [1.807, 2.05) is 11.8 Å². The van der Waals surface area contributed by atoms with E-state index < -0.39 is 0 Å². The predicted octanol–water partition coefficient (Wildman–Crippen LogP) is 2.51. The van der Waals surface area contributed by atoms with Crippen LogP contribution in [0.2, 0.25) is 0 Å². The predicted molar refractivity (Wildman–Crippen MR) is 57.5 cm³/mol. The summed E-state index contributed by atoms with van der Waals surface area (Å²) in [6.45, 7) is 3.01. The van der Waals surface area contributed by atoms with Crippen LogP contribution in [-0.2, 0) is 11.2 Å². The molecule has 1 aliphatic heterocycles. The molecular formula is C9H13NOS2. The van der Waals surface area contributed by atoms with E-state index in [-0.39, 0.29) is 6.10 Å². The second-order valence-electron chi connectivity index (χ2n) is 2.96. The van der Waals surface area contributed by atoms with E-state index in [4.69, 9.17) is 4.74 Å². The van der Waals surface area contributed by atoms with Crippen LogP contribution in [0.25, 0.3) is 0 Å². The molecule has 1 saturated heterocycles. The van der Waals surface area contributed by atoms with Crippen molar-refractivity contribution in [3.8, 4) is 0 Å². The Morgan fingerprint density at radius 3 is 3.23 bits per heavy atom. The van der Waals surface area contributed by atoms with Gasteiger partial charge in [0.25, 0.3) is 0 Å². The average Bonchev–Trinajstić information content (AvgIpc) is 2.67. The number of hydrogen-bond acceptors (Lipinski definition) is 4. The molecule has 0 radical (unpaired) electrons. The fourth-order valence-electron chi connectivity index (χ4n) is 1.26. The Morgan fingerprint density at radius 1 is 1.69 bits per heavy atom. The topological polar surface area (TPSA) is 22.1 Å². The van der Waals surface area contributed by atoms with Gasteiger partial charge < -0.3 is 4.74 Å². The molecule has 1 unspecified atom stereocenters. The molecule has 2 rings (SSSR count). The second kappa shape index (κ2) is 4.44. The van der Waals surface area contributed by atoms with Crippen LogP contribution in [0.4, 0.5) is 0 Å². The number of aryl methyl sites for hydroxylation is 1. The van der Waals surface area contributed by atoms with E-state index in [1.54, 1.807) is 11.3 Å². The quantitative estimate of drug-likeness (QED) is 0.757. The number of ether oxygens (including phenoxy) is 1. The first-order valence-electron chi connectivity index (χ1n) is 4.54. The van der Waals surface area contributed by atoms with Crippen LogP contribution in [-0.4, -0.2) is 23.1 Å². The molecule has 0 aromatic carbocycles. The van der Waals surface area contributed by atoms with Crippen LogP contribution < -0.4 is 0 Å². The van der Waals surface area contributed by atoms with Gasteiger partial charge in [-0.05, 0) is 6.42 Å². The summed E-state index contributed by atoms with van der Waals surface area (Å²) in [5.41, 5.74) is 1.19. The van der Waals surface area contributed by atoms with Gasteiger partial charge in [0.1, 0.15) is 11.1 Å². The molecule has 72 valence electrons. The monoisotopic (exact) mass is 215 g/mol. The molecule has 2 nitrogen and oxygen atoms in total. The molecule has 0 saturated carbocycles. The number of nitrogens with zero attached hydrogens (tertiary/aromatic N) is 1. The Morgan fingerprint density at radius 2 is 2.62 bits per heavy atom. The van der Waals surface area contributed by atoms with E-state index in [0.29, 0.717) is 0 Å². The van der Waals surface area contributed by atoms with E-state index in [9.17, 15) is 0 Å². The lowest BCUT2D eigenvalue weighted by molar-refractivity contribution is 0.0754. The molecular weight excluding hydrogens is 202 g/mol. The normalized spacial score (nSPS) is 23.3. The summed E-state index contributed by atoms with van der Waals surface area (Å²) in [4.78, 5) is 4.53. The van der Waals surface area contributed by atoms with Gasteiger partial charge in [-0.1, -0.05) is 6.92 Å². The van der Waals surface area contributed by atoms with Gasteiger partial charge in [0.05, 0.1) is 12.3 Å². The van der Waals surface area contributed by atoms with Gasteiger partial charge in [-0.2, -0.15) is 11.8 Å². The first kappa shape index (κ1) is 9.49. The Balaban J connectivity index is 2.05. The summed E-state index contributed by atoms with van der Waals surface area (Å²) in [5, 5.41) is 3.29. The zero-order valence-electron chi connectivity index (χ0n) is 7.66. The fourth-order valence-corrected chi connectivity index (χ4v) is 3.17. The van der Waals surface area contributed by atoms with Crippen LogP contribution in [0.15, 0.2) is 5.38 Å². The summed E-state index contributed by atoms with van der Waals surface area (Å²) >= 11 is 3.69. The maximum Gasteiger partial charge on any atom is 0.123 e. The summed E-state index contributed by atoms with van der Waals surface area (Å²) in [6, 6.07) is 0. The van der Waals surface area contributed by atoms with Crippen molar-refractivity contribution in [2.75, 3.05) is 18.1 Å². The van der Waals surface area contributed by atoms with Crippen LogP contribution >= 0.6 is 23.1 Å². The molecule has 13 heavy (non-hydrogen) atoms. The second-order valence-corrected chi connectivity index (χ2v) is 5.00. The number of aromatic nitrogens is 1. The molecule has 1 aliphatic rings.